The summed E-state index contributed by atoms with van der Waals surface area (Å²) in [4.78, 5) is 24.2. The maximum Gasteiger partial charge on any atom is 0.329 e. The number of nitrogens with zero attached hydrogens (tertiary/aromatic N) is 1. The topological polar surface area (TPSA) is 89.0 Å². The van der Waals surface area contributed by atoms with Crippen molar-refractivity contribution in [3.05, 3.63) is 88.9 Å². The minimum atomic E-state index is -0.904. The molecule has 7 nitrogen and oxygen atoms in total. The van der Waals surface area contributed by atoms with Crippen molar-refractivity contribution in [2.24, 2.45) is 5.10 Å². The van der Waals surface area contributed by atoms with Crippen molar-refractivity contribution < 1.29 is 19.1 Å². The van der Waals surface area contributed by atoms with Crippen LogP contribution in [0.2, 0.25) is 5.02 Å². The molecule has 0 aliphatic heterocycles. The maximum absolute atomic E-state index is 12.1. The molecule has 0 spiro atoms. The van der Waals surface area contributed by atoms with Crippen molar-refractivity contribution >= 4 is 35.3 Å². The largest absolute Gasteiger partial charge is 0.492 e. The number of hydrogen-bond donors (Lipinski definition) is 2. The van der Waals surface area contributed by atoms with Crippen molar-refractivity contribution in [1.82, 2.24) is 5.43 Å². The first-order valence-corrected chi connectivity index (χ1v) is 10.3. The molecule has 0 heterocycles. The second-order valence-corrected chi connectivity index (χ2v) is 6.94. The van der Waals surface area contributed by atoms with Gasteiger partial charge in [0.2, 0.25) is 0 Å². The molecule has 0 radical (unpaired) electrons. The lowest BCUT2D eigenvalue weighted by atomic mass is 10.2. The zero-order valence-electron chi connectivity index (χ0n) is 17.4. The summed E-state index contributed by atoms with van der Waals surface area (Å²) in [6.07, 6.45) is 1.42. The molecule has 2 N–H and O–H groups in total. The number of carbonyl (C=O) groups is 2. The van der Waals surface area contributed by atoms with Crippen LogP contribution in [0, 0.1) is 0 Å². The number of benzene rings is 3. The maximum atomic E-state index is 12.1. The van der Waals surface area contributed by atoms with E-state index in [1.165, 1.54) is 6.21 Å². The molecule has 8 heteroatoms. The molecule has 0 bridgehead atoms. The van der Waals surface area contributed by atoms with Crippen LogP contribution in [-0.2, 0) is 16.2 Å². The predicted octanol–water partition coefficient (Wildman–Crippen LogP) is 4.41. The van der Waals surface area contributed by atoms with Gasteiger partial charge in [0.05, 0.1) is 18.5 Å². The molecule has 0 fully saturated rings. The standard InChI is InChI=1S/C24H22ClN3O4/c1-2-31-22-13-6-5-12-21(22)27-23(29)24(30)28-26-15-17-8-7-10-19(14-17)32-16-18-9-3-4-11-20(18)25/h3-15H,2,16H2,1H3,(H,27,29)(H,28,30)/b26-15-. The fraction of sp³-hybridized carbons (Fsp3) is 0.125. The molecule has 3 aromatic carbocycles. The Hall–Kier alpha value is -3.84. The van der Waals surface area contributed by atoms with E-state index in [2.05, 4.69) is 15.8 Å². The minimum Gasteiger partial charge on any atom is -0.492 e. The van der Waals surface area contributed by atoms with E-state index in [1.54, 1.807) is 54.6 Å². The third-order valence-electron chi connectivity index (χ3n) is 4.23. The molecule has 0 aliphatic carbocycles. The van der Waals surface area contributed by atoms with Gasteiger partial charge in [-0.2, -0.15) is 5.10 Å². The van der Waals surface area contributed by atoms with E-state index in [9.17, 15) is 9.59 Å². The van der Waals surface area contributed by atoms with Gasteiger partial charge in [0.1, 0.15) is 18.1 Å². The summed E-state index contributed by atoms with van der Waals surface area (Å²) in [7, 11) is 0. The molecular weight excluding hydrogens is 430 g/mol. The van der Waals surface area contributed by atoms with Crippen LogP contribution in [0.5, 0.6) is 11.5 Å². The van der Waals surface area contributed by atoms with E-state index in [0.717, 1.165) is 5.56 Å². The second-order valence-electron chi connectivity index (χ2n) is 6.53. The van der Waals surface area contributed by atoms with Gasteiger partial charge in [0, 0.05) is 10.6 Å². The van der Waals surface area contributed by atoms with Crippen molar-refractivity contribution in [3.63, 3.8) is 0 Å². The summed E-state index contributed by atoms with van der Waals surface area (Å²) in [6.45, 7) is 2.59. The summed E-state index contributed by atoms with van der Waals surface area (Å²) >= 11 is 6.14. The van der Waals surface area contributed by atoms with Crippen LogP contribution >= 0.6 is 11.6 Å². The first kappa shape index (κ1) is 22.8. The molecular formula is C24H22ClN3O4. The van der Waals surface area contributed by atoms with Gasteiger partial charge in [-0.25, -0.2) is 5.43 Å². The van der Waals surface area contributed by atoms with E-state index < -0.39 is 11.8 Å². The second kappa shape index (κ2) is 11.5. The molecule has 0 atom stereocenters. The Balaban J connectivity index is 1.54. The lowest BCUT2D eigenvalue weighted by Gasteiger charge is -2.10. The van der Waals surface area contributed by atoms with E-state index in [0.29, 0.717) is 41.0 Å². The third-order valence-corrected chi connectivity index (χ3v) is 4.60. The minimum absolute atomic E-state index is 0.320. The molecule has 3 aromatic rings. The highest BCUT2D eigenvalue weighted by Gasteiger charge is 2.15. The molecule has 0 aromatic heterocycles. The van der Waals surface area contributed by atoms with Crippen LogP contribution < -0.4 is 20.2 Å². The summed E-state index contributed by atoms with van der Waals surface area (Å²) in [5.74, 6) is -0.663. The summed E-state index contributed by atoms with van der Waals surface area (Å²) in [6, 6.07) is 21.4. The fourth-order valence-corrected chi connectivity index (χ4v) is 2.90. The fourth-order valence-electron chi connectivity index (χ4n) is 2.71. The molecule has 164 valence electrons. The number of para-hydroxylation sites is 2. The molecule has 3 rings (SSSR count). The van der Waals surface area contributed by atoms with Crippen LogP contribution in [0.1, 0.15) is 18.1 Å². The van der Waals surface area contributed by atoms with Gasteiger partial charge >= 0.3 is 11.8 Å². The summed E-state index contributed by atoms with van der Waals surface area (Å²) in [5, 5.41) is 6.99. The van der Waals surface area contributed by atoms with Crippen molar-refractivity contribution in [2.45, 2.75) is 13.5 Å². The van der Waals surface area contributed by atoms with E-state index in [1.807, 2.05) is 25.1 Å². The Morgan fingerprint density at radius 1 is 0.969 bits per heavy atom. The Morgan fingerprint density at radius 2 is 1.75 bits per heavy atom. The SMILES string of the molecule is CCOc1ccccc1NC(=O)C(=O)N/N=C\c1cccc(OCc2ccccc2Cl)c1. The predicted molar refractivity (Wildman–Crippen MR) is 124 cm³/mol. The van der Waals surface area contributed by atoms with Crippen LogP contribution in [-0.4, -0.2) is 24.6 Å². The van der Waals surface area contributed by atoms with Crippen molar-refractivity contribution in [2.75, 3.05) is 11.9 Å². The molecule has 32 heavy (non-hydrogen) atoms. The average Bonchev–Trinajstić information content (AvgIpc) is 2.80. The third kappa shape index (κ3) is 6.58. The van der Waals surface area contributed by atoms with Gasteiger partial charge in [-0.3, -0.25) is 9.59 Å². The molecule has 0 saturated carbocycles. The van der Waals surface area contributed by atoms with Crippen LogP contribution in [0.15, 0.2) is 77.9 Å². The van der Waals surface area contributed by atoms with Crippen LogP contribution in [0.4, 0.5) is 5.69 Å². The zero-order chi connectivity index (χ0) is 22.8. The van der Waals surface area contributed by atoms with E-state index in [4.69, 9.17) is 21.1 Å². The molecule has 0 aliphatic rings. The Kier molecular flexibility index (Phi) is 8.22. The van der Waals surface area contributed by atoms with Gasteiger partial charge in [0.25, 0.3) is 0 Å². The van der Waals surface area contributed by atoms with Crippen LogP contribution in [0.25, 0.3) is 0 Å². The number of hydrazone groups is 1. The van der Waals surface area contributed by atoms with Gasteiger partial charge in [-0.05, 0) is 42.8 Å². The molecule has 2 amide bonds. The Morgan fingerprint density at radius 3 is 2.56 bits per heavy atom. The number of rotatable bonds is 8. The summed E-state index contributed by atoms with van der Waals surface area (Å²) < 4.78 is 11.2. The highest BCUT2D eigenvalue weighted by molar-refractivity contribution is 6.39. The molecule has 0 saturated heterocycles. The molecule has 0 unspecified atom stereocenters. The summed E-state index contributed by atoms with van der Waals surface area (Å²) in [5.41, 5.74) is 4.17. The first-order chi connectivity index (χ1) is 15.6. The lowest BCUT2D eigenvalue weighted by molar-refractivity contribution is -0.136. The Bertz CT molecular complexity index is 1120. The van der Waals surface area contributed by atoms with E-state index >= 15 is 0 Å². The van der Waals surface area contributed by atoms with Crippen molar-refractivity contribution in [1.29, 1.82) is 0 Å². The lowest BCUT2D eigenvalue weighted by Crippen LogP contribution is -2.32. The van der Waals surface area contributed by atoms with Gasteiger partial charge in [-0.15, -0.1) is 0 Å². The van der Waals surface area contributed by atoms with Gasteiger partial charge in [0.15, 0.2) is 0 Å². The number of carbonyl (C=O) groups excluding carboxylic acids is 2. The monoisotopic (exact) mass is 451 g/mol. The quantitative estimate of drug-likeness (QED) is 0.301. The number of hydrogen-bond acceptors (Lipinski definition) is 5. The normalized spacial score (nSPS) is 10.6. The number of amides is 2. The highest BCUT2D eigenvalue weighted by atomic mass is 35.5. The average molecular weight is 452 g/mol. The first-order valence-electron chi connectivity index (χ1n) is 9.89. The highest BCUT2D eigenvalue weighted by Crippen LogP contribution is 2.23. The smallest absolute Gasteiger partial charge is 0.329 e. The van der Waals surface area contributed by atoms with Gasteiger partial charge < -0.3 is 14.8 Å². The number of anilines is 1. The van der Waals surface area contributed by atoms with Crippen molar-refractivity contribution in [3.8, 4) is 11.5 Å². The van der Waals surface area contributed by atoms with Crippen LogP contribution in [0.3, 0.4) is 0 Å². The van der Waals surface area contributed by atoms with E-state index in [-0.39, 0.29) is 0 Å². The number of ether oxygens (including phenoxy) is 2. The zero-order valence-corrected chi connectivity index (χ0v) is 18.1. The van der Waals surface area contributed by atoms with Gasteiger partial charge in [-0.1, -0.05) is 54.1 Å². The Labute approximate surface area is 191 Å². The number of halogens is 1. The number of nitrogens with one attached hydrogen (secondary N) is 2.